The monoisotopic (exact) mass is 233 g/mol. The van der Waals surface area contributed by atoms with Gasteiger partial charge in [0.05, 0.1) is 0 Å². The zero-order valence-corrected chi connectivity index (χ0v) is 9.57. The minimum absolute atomic E-state index is 0.277. The second-order valence-electron chi connectivity index (χ2n) is 4.48. The molecule has 0 aliphatic carbocycles. The first-order valence-electron chi connectivity index (χ1n) is 5.92. The van der Waals surface area contributed by atoms with Gasteiger partial charge in [0, 0.05) is 18.7 Å². The number of nitrogens with one attached hydrogen (secondary N) is 1. The molecule has 0 atom stereocenters. The van der Waals surface area contributed by atoms with Crippen molar-refractivity contribution in [2.75, 3.05) is 13.1 Å². The van der Waals surface area contributed by atoms with Gasteiger partial charge in [0.25, 0.3) is 5.91 Å². The standard InChI is InChI=1S/C11H15N5O/c12-9(17)11-15-14-10-8-6-13-4-3-7(8)2-1-5-16(10)11/h13H,1-6H2,(H2,12,17). The Morgan fingerprint density at radius 3 is 3.06 bits per heavy atom. The number of carbonyl (C=O) groups is 1. The minimum Gasteiger partial charge on any atom is -0.363 e. The fourth-order valence-corrected chi connectivity index (χ4v) is 2.61. The Kier molecular flexibility index (Phi) is 2.44. The number of fused-ring (bicyclic) bond motifs is 2. The minimum atomic E-state index is -0.503. The van der Waals surface area contributed by atoms with Crippen molar-refractivity contribution >= 4 is 11.5 Å². The number of hydrogen-bond donors (Lipinski definition) is 2. The third kappa shape index (κ3) is 1.64. The van der Waals surface area contributed by atoms with Gasteiger partial charge in [-0.1, -0.05) is 5.57 Å². The molecule has 2 aliphatic heterocycles. The third-order valence-corrected chi connectivity index (χ3v) is 3.43. The van der Waals surface area contributed by atoms with Crippen molar-refractivity contribution in [1.29, 1.82) is 0 Å². The molecule has 3 rings (SSSR count). The highest BCUT2D eigenvalue weighted by atomic mass is 16.1. The molecule has 0 aromatic carbocycles. The molecule has 90 valence electrons. The van der Waals surface area contributed by atoms with Crippen LogP contribution in [0, 0.1) is 0 Å². The van der Waals surface area contributed by atoms with Crippen molar-refractivity contribution in [3.8, 4) is 0 Å². The van der Waals surface area contributed by atoms with Gasteiger partial charge in [0.15, 0.2) is 5.82 Å². The zero-order chi connectivity index (χ0) is 11.8. The average molecular weight is 233 g/mol. The van der Waals surface area contributed by atoms with Crippen LogP contribution in [0.15, 0.2) is 5.57 Å². The van der Waals surface area contributed by atoms with Crippen molar-refractivity contribution in [2.24, 2.45) is 5.73 Å². The van der Waals surface area contributed by atoms with Gasteiger partial charge in [-0.2, -0.15) is 0 Å². The van der Waals surface area contributed by atoms with E-state index in [2.05, 4.69) is 15.5 Å². The highest BCUT2D eigenvalue weighted by Gasteiger charge is 2.25. The average Bonchev–Trinajstić information content (AvgIpc) is 2.66. The summed E-state index contributed by atoms with van der Waals surface area (Å²) >= 11 is 0. The number of nitrogens with two attached hydrogens (primary N) is 1. The molecule has 1 amide bonds. The molecule has 2 aliphatic rings. The van der Waals surface area contributed by atoms with E-state index in [4.69, 9.17) is 5.73 Å². The van der Waals surface area contributed by atoms with Crippen LogP contribution in [0.4, 0.5) is 0 Å². The Bertz CT molecular complexity index is 502. The van der Waals surface area contributed by atoms with Crippen LogP contribution in [-0.2, 0) is 6.54 Å². The number of amides is 1. The Hall–Kier alpha value is -1.69. The molecule has 1 aromatic rings. The summed E-state index contributed by atoms with van der Waals surface area (Å²) in [6.45, 7) is 2.61. The number of hydrogen-bond acceptors (Lipinski definition) is 4. The SMILES string of the molecule is NC(=O)c1nnc2n1CCCC1=C2CNCC1. The molecule has 1 aromatic heterocycles. The van der Waals surface area contributed by atoms with Gasteiger partial charge < -0.3 is 15.6 Å². The van der Waals surface area contributed by atoms with E-state index in [1.807, 2.05) is 4.57 Å². The van der Waals surface area contributed by atoms with Crippen LogP contribution in [0.1, 0.15) is 35.7 Å². The highest BCUT2D eigenvalue weighted by molar-refractivity contribution is 5.89. The van der Waals surface area contributed by atoms with E-state index in [0.717, 1.165) is 44.7 Å². The molecule has 3 heterocycles. The largest absolute Gasteiger partial charge is 0.363 e. The van der Waals surface area contributed by atoms with Crippen molar-refractivity contribution in [3.05, 3.63) is 17.2 Å². The molecule has 17 heavy (non-hydrogen) atoms. The van der Waals surface area contributed by atoms with E-state index in [1.165, 1.54) is 11.1 Å². The normalized spacial score (nSPS) is 19.5. The number of aromatic nitrogens is 3. The Morgan fingerprint density at radius 2 is 2.24 bits per heavy atom. The van der Waals surface area contributed by atoms with Crippen molar-refractivity contribution in [3.63, 3.8) is 0 Å². The summed E-state index contributed by atoms with van der Waals surface area (Å²) in [5.41, 5.74) is 7.96. The predicted molar refractivity (Wildman–Crippen MR) is 62.2 cm³/mol. The second-order valence-corrected chi connectivity index (χ2v) is 4.48. The maximum atomic E-state index is 11.3. The van der Waals surface area contributed by atoms with E-state index < -0.39 is 5.91 Å². The van der Waals surface area contributed by atoms with Gasteiger partial charge in [-0.25, -0.2) is 0 Å². The molecule has 0 saturated heterocycles. The maximum absolute atomic E-state index is 11.3. The van der Waals surface area contributed by atoms with Gasteiger partial charge >= 0.3 is 0 Å². The van der Waals surface area contributed by atoms with Crippen LogP contribution in [0.25, 0.3) is 5.57 Å². The van der Waals surface area contributed by atoms with Gasteiger partial charge in [0.2, 0.25) is 5.82 Å². The molecule has 3 N–H and O–H groups in total. The summed E-state index contributed by atoms with van der Waals surface area (Å²) < 4.78 is 1.86. The van der Waals surface area contributed by atoms with E-state index in [0.29, 0.717) is 0 Å². The quantitative estimate of drug-likeness (QED) is 0.710. The molecule has 0 radical (unpaired) electrons. The molecular formula is C11H15N5O. The summed E-state index contributed by atoms with van der Waals surface area (Å²) in [7, 11) is 0. The number of rotatable bonds is 1. The second kappa shape index (κ2) is 3.96. The molecule has 0 bridgehead atoms. The Balaban J connectivity index is 2.12. The van der Waals surface area contributed by atoms with Crippen LogP contribution >= 0.6 is 0 Å². The molecule has 6 heteroatoms. The molecule has 0 saturated carbocycles. The van der Waals surface area contributed by atoms with E-state index in [-0.39, 0.29) is 5.82 Å². The maximum Gasteiger partial charge on any atom is 0.286 e. The fourth-order valence-electron chi connectivity index (χ4n) is 2.61. The first-order chi connectivity index (χ1) is 8.27. The zero-order valence-electron chi connectivity index (χ0n) is 9.57. The molecule has 0 unspecified atom stereocenters. The first-order valence-corrected chi connectivity index (χ1v) is 5.92. The van der Waals surface area contributed by atoms with Crippen LogP contribution in [0.5, 0.6) is 0 Å². The predicted octanol–water partition coefficient (Wildman–Crippen LogP) is -0.0823. The van der Waals surface area contributed by atoms with E-state index in [1.54, 1.807) is 0 Å². The first kappa shape index (κ1) is 10.5. The van der Waals surface area contributed by atoms with Crippen molar-refractivity contribution < 1.29 is 4.79 Å². The van der Waals surface area contributed by atoms with E-state index in [9.17, 15) is 4.79 Å². The summed E-state index contributed by atoms with van der Waals surface area (Å²) in [5.74, 6) is 0.592. The number of carbonyl (C=O) groups excluding carboxylic acids is 1. The summed E-state index contributed by atoms with van der Waals surface area (Å²) in [6, 6.07) is 0. The summed E-state index contributed by atoms with van der Waals surface area (Å²) in [4.78, 5) is 11.3. The third-order valence-electron chi connectivity index (χ3n) is 3.43. The van der Waals surface area contributed by atoms with Crippen LogP contribution in [-0.4, -0.2) is 33.8 Å². The Morgan fingerprint density at radius 1 is 1.35 bits per heavy atom. The lowest BCUT2D eigenvalue weighted by atomic mass is 9.98. The summed E-state index contributed by atoms with van der Waals surface area (Å²) in [6.07, 6.45) is 3.16. The van der Waals surface area contributed by atoms with Crippen LogP contribution in [0.3, 0.4) is 0 Å². The molecular weight excluding hydrogens is 218 g/mol. The topological polar surface area (TPSA) is 85.8 Å². The van der Waals surface area contributed by atoms with Gasteiger partial charge in [0.1, 0.15) is 0 Å². The van der Waals surface area contributed by atoms with Gasteiger partial charge in [-0.15, -0.1) is 10.2 Å². The number of nitrogens with zero attached hydrogens (tertiary/aromatic N) is 3. The lowest BCUT2D eigenvalue weighted by Gasteiger charge is -2.18. The Labute approximate surface area is 98.9 Å². The molecule has 0 spiro atoms. The van der Waals surface area contributed by atoms with E-state index >= 15 is 0 Å². The molecule has 6 nitrogen and oxygen atoms in total. The van der Waals surface area contributed by atoms with Crippen molar-refractivity contribution in [1.82, 2.24) is 20.1 Å². The van der Waals surface area contributed by atoms with Gasteiger partial charge in [-0.3, -0.25) is 4.79 Å². The lowest BCUT2D eigenvalue weighted by Crippen LogP contribution is -2.25. The highest BCUT2D eigenvalue weighted by Crippen LogP contribution is 2.29. The smallest absolute Gasteiger partial charge is 0.286 e. The fraction of sp³-hybridized carbons (Fsp3) is 0.545. The lowest BCUT2D eigenvalue weighted by molar-refractivity contribution is 0.0985. The van der Waals surface area contributed by atoms with Crippen LogP contribution < -0.4 is 11.1 Å². The van der Waals surface area contributed by atoms with Gasteiger partial charge in [-0.05, 0) is 25.8 Å². The van der Waals surface area contributed by atoms with Crippen LogP contribution in [0.2, 0.25) is 0 Å². The molecule has 0 fully saturated rings. The van der Waals surface area contributed by atoms with Crippen molar-refractivity contribution in [2.45, 2.75) is 25.8 Å². The summed E-state index contributed by atoms with van der Waals surface area (Å²) in [5, 5.41) is 11.4. The number of primary amides is 1.